The molecule has 0 bridgehead atoms. The number of aromatic amines is 1. The van der Waals surface area contributed by atoms with Crippen molar-refractivity contribution in [3.63, 3.8) is 0 Å². The third kappa shape index (κ3) is 3.45. The van der Waals surface area contributed by atoms with Crippen LogP contribution in [-0.4, -0.2) is 51.5 Å². The monoisotopic (exact) mass is 347 g/mol. The Kier molecular flexibility index (Phi) is 4.91. The first kappa shape index (κ1) is 17.6. The first-order valence-electron chi connectivity index (χ1n) is 8.58. The molecule has 0 aliphatic carbocycles. The number of fused-ring (bicyclic) bond motifs is 1. The number of carbonyl (C=O) groups excluding carboxylic acids is 1. The second-order valence-electron chi connectivity index (χ2n) is 6.79. The zero-order valence-corrected chi connectivity index (χ0v) is 14.8. The van der Waals surface area contributed by atoms with Crippen molar-refractivity contribution in [2.24, 2.45) is 13.0 Å². The van der Waals surface area contributed by atoms with Crippen LogP contribution in [-0.2, 0) is 18.3 Å². The quantitative estimate of drug-likeness (QED) is 0.583. The maximum absolute atomic E-state index is 12.1. The minimum Gasteiger partial charge on any atom is -0.391 e. The number of nitrogens with one attached hydrogen (secondary N) is 3. The van der Waals surface area contributed by atoms with Gasteiger partial charge in [-0.1, -0.05) is 0 Å². The van der Waals surface area contributed by atoms with E-state index in [1.807, 2.05) is 13.8 Å². The molecule has 2 unspecified atom stereocenters. The lowest BCUT2D eigenvalue weighted by molar-refractivity contribution is -0.121. The maximum Gasteiger partial charge on any atom is 0.273 e. The molecule has 1 aliphatic rings. The highest BCUT2D eigenvalue weighted by Gasteiger charge is 2.25. The summed E-state index contributed by atoms with van der Waals surface area (Å²) in [6.07, 6.45) is 0.462. The third-order valence-corrected chi connectivity index (χ3v) is 5.04. The first-order chi connectivity index (χ1) is 11.9. The van der Waals surface area contributed by atoms with E-state index in [2.05, 4.69) is 20.7 Å². The summed E-state index contributed by atoms with van der Waals surface area (Å²) >= 11 is 0. The highest BCUT2D eigenvalue weighted by molar-refractivity contribution is 5.81. The van der Waals surface area contributed by atoms with Gasteiger partial charge >= 0.3 is 0 Å². The van der Waals surface area contributed by atoms with Gasteiger partial charge in [-0.3, -0.25) is 19.4 Å². The highest BCUT2D eigenvalue weighted by Crippen LogP contribution is 2.21. The number of aryl methyl sites for hydroxylation is 3. The van der Waals surface area contributed by atoms with Gasteiger partial charge in [-0.05, 0) is 31.4 Å². The van der Waals surface area contributed by atoms with Crippen molar-refractivity contribution in [1.29, 1.82) is 0 Å². The average Bonchev–Trinajstić information content (AvgIpc) is 3.08. The number of aliphatic hydroxyl groups is 1. The van der Waals surface area contributed by atoms with Crippen LogP contribution in [0.2, 0.25) is 0 Å². The van der Waals surface area contributed by atoms with Crippen molar-refractivity contribution in [3.8, 4) is 0 Å². The lowest BCUT2D eigenvalue weighted by Gasteiger charge is -2.14. The van der Waals surface area contributed by atoms with Gasteiger partial charge in [-0.2, -0.15) is 0 Å². The maximum atomic E-state index is 12.1. The van der Waals surface area contributed by atoms with Crippen LogP contribution >= 0.6 is 0 Å². The Labute approximate surface area is 145 Å². The molecular weight excluding hydrogens is 322 g/mol. The van der Waals surface area contributed by atoms with Crippen molar-refractivity contribution in [2.75, 3.05) is 19.6 Å². The average molecular weight is 347 g/mol. The van der Waals surface area contributed by atoms with E-state index in [1.165, 1.54) is 0 Å². The molecule has 0 aromatic carbocycles. The van der Waals surface area contributed by atoms with Gasteiger partial charge in [0, 0.05) is 44.7 Å². The first-order valence-corrected chi connectivity index (χ1v) is 8.58. The van der Waals surface area contributed by atoms with E-state index in [1.54, 1.807) is 11.7 Å². The minimum atomic E-state index is -0.402. The number of hydrogen-bond donors (Lipinski definition) is 4. The lowest BCUT2D eigenvalue weighted by Crippen LogP contribution is -2.34. The predicted octanol–water partition coefficient (Wildman–Crippen LogP) is -0.492. The number of aromatic nitrogens is 3. The number of hydrogen-bond acceptors (Lipinski definition) is 5. The molecule has 3 heterocycles. The molecule has 8 nitrogen and oxygen atoms in total. The second kappa shape index (κ2) is 6.97. The van der Waals surface area contributed by atoms with Crippen molar-refractivity contribution >= 4 is 16.9 Å². The summed E-state index contributed by atoms with van der Waals surface area (Å²) in [5.41, 5.74) is 3.14. The summed E-state index contributed by atoms with van der Waals surface area (Å²) in [5.74, 6) is 0.00767. The fourth-order valence-corrected chi connectivity index (χ4v) is 3.52. The predicted molar refractivity (Wildman–Crippen MR) is 94.5 cm³/mol. The lowest BCUT2D eigenvalue weighted by atomic mass is 10.00. The van der Waals surface area contributed by atoms with E-state index in [0.717, 1.165) is 23.4 Å². The Balaban J connectivity index is 1.67. The van der Waals surface area contributed by atoms with Crippen LogP contribution in [0.25, 0.3) is 11.0 Å². The van der Waals surface area contributed by atoms with Gasteiger partial charge in [0.1, 0.15) is 0 Å². The van der Waals surface area contributed by atoms with Gasteiger partial charge in [0.25, 0.3) is 5.56 Å². The van der Waals surface area contributed by atoms with E-state index >= 15 is 0 Å². The number of amides is 1. The van der Waals surface area contributed by atoms with E-state index in [4.69, 9.17) is 0 Å². The number of carbonyl (C=O) groups is 1. The highest BCUT2D eigenvalue weighted by atomic mass is 16.3. The van der Waals surface area contributed by atoms with Gasteiger partial charge in [0.2, 0.25) is 5.91 Å². The van der Waals surface area contributed by atoms with Crippen LogP contribution in [0.4, 0.5) is 0 Å². The van der Waals surface area contributed by atoms with Gasteiger partial charge in [0.15, 0.2) is 5.65 Å². The normalized spacial score (nSPS) is 20.3. The molecule has 0 radical (unpaired) electrons. The number of aliphatic hydroxyl groups excluding tert-OH is 1. The van der Waals surface area contributed by atoms with Crippen LogP contribution < -0.4 is 16.2 Å². The molecule has 25 heavy (non-hydrogen) atoms. The van der Waals surface area contributed by atoms with Gasteiger partial charge in [-0.15, -0.1) is 0 Å². The van der Waals surface area contributed by atoms with Crippen LogP contribution in [0.15, 0.2) is 4.79 Å². The van der Waals surface area contributed by atoms with Crippen LogP contribution in [0, 0.1) is 19.8 Å². The topological polar surface area (TPSA) is 112 Å². The Hall–Kier alpha value is -2.19. The summed E-state index contributed by atoms with van der Waals surface area (Å²) in [6, 6.07) is 0. The Morgan fingerprint density at radius 2 is 2.16 bits per heavy atom. The molecule has 1 aliphatic heterocycles. The number of rotatable bonds is 5. The molecule has 2 aromatic rings. The van der Waals surface area contributed by atoms with Crippen molar-refractivity contribution in [1.82, 2.24) is 25.4 Å². The zero-order chi connectivity index (χ0) is 18.1. The summed E-state index contributed by atoms with van der Waals surface area (Å²) in [7, 11) is 1.76. The largest absolute Gasteiger partial charge is 0.391 e. The van der Waals surface area contributed by atoms with Gasteiger partial charge in [-0.25, -0.2) is 4.98 Å². The summed E-state index contributed by atoms with van der Waals surface area (Å²) in [6.45, 7) is 5.58. The van der Waals surface area contributed by atoms with Crippen molar-refractivity contribution < 1.29 is 9.90 Å². The molecule has 1 fully saturated rings. The van der Waals surface area contributed by atoms with Crippen LogP contribution in [0.1, 0.15) is 23.2 Å². The molecule has 136 valence electrons. The zero-order valence-electron chi connectivity index (χ0n) is 14.8. The van der Waals surface area contributed by atoms with Gasteiger partial charge in [0.05, 0.1) is 11.5 Å². The molecule has 4 N–H and O–H groups in total. The number of H-pyrrole nitrogens is 1. The molecule has 1 saturated heterocycles. The number of pyridine rings is 1. The molecular formula is C17H25N5O3. The Morgan fingerprint density at radius 1 is 1.40 bits per heavy atom. The molecule has 2 atom stereocenters. The second-order valence-corrected chi connectivity index (χ2v) is 6.79. The molecule has 8 heteroatoms. The minimum absolute atomic E-state index is 0.0556. The summed E-state index contributed by atoms with van der Waals surface area (Å²) in [4.78, 5) is 28.7. The molecule has 1 amide bonds. The molecule has 0 saturated carbocycles. The summed E-state index contributed by atoms with van der Waals surface area (Å²) in [5, 5.41) is 19.0. The van der Waals surface area contributed by atoms with E-state index in [-0.39, 0.29) is 17.4 Å². The van der Waals surface area contributed by atoms with Crippen LogP contribution in [0.5, 0.6) is 0 Å². The smallest absolute Gasteiger partial charge is 0.273 e. The molecule has 2 aromatic heterocycles. The van der Waals surface area contributed by atoms with Gasteiger partial charge < -0.3 is 15.7 Å². The van der Waals surface area contributed by atoms with E-state index in [0.29, 0.717) is 37.0 Å². The molecule has 0 spiro atoms. The molecule has 3 rings (SSSR count). The Morgan fingerprint density at radius 3 is 2.84 bits per heavy atom. The summed E-state index contributed by atoms with van der Waals surface area (Å²) < 4.78 is 1.62. The standard InChI is InChI=1S/C17H25N5O3/c1-9-12(10(2)20-16-15(9)17(25)21-22(16)3)4-5-14(24)19-7-11-6-18-8-13(11)23/h11,13,18,23H,4-8H2,1-3H3,(H,19,24)(H,21,25). The SMILES string of the molecule is Cc1nc2c(c(C)c1CCC(=O)NCC1CNCC1O)c(=O)[nH]n2C. The fourth-order valence-electron chi connectivity index (χ4n) is 3.52. The third-order valence-electron chi connectivity index (χ3n) is 5.04. The van der Waals surface area contributed by atoms with E-state index < -0.39 is 6.10 Å². The fraction of sp³-hybridized carbons (Fsp3) is 0.588. The number of β-amino-alcohol motifs (C(OH)–C–C–N with tert-alkyl or cyclic N) is 1. The van der Waals surface area contributed by atoms with E-state index in [9.17, 15) is 14.7 Å². The number of nitrogens with zero attached hydrogens (tertiary/aromatic N) is 2. The van der Waals surface area contributed by atoms with Crippen molar-refractivity contribution in [3.05, 3.63) is 27.2 Å². The van der Waals surface area contributed by atoms with Crippen LogP contribution in [0.3, 0.4) is 0 Å². The van der Waals surface area contributed by atoms with Crippen molar-refractivity contribution in [2.45, 2.75) is 32.8 Å². The Bertz CT molecular complexity index is 854.